The number of rotatable bonds is 9. The Labute approximate surface area is 114 Å². The van der Waals surface area contributed by atoms with Gasteiger partial charge in [-0.15, -0.1) is 11.1 Å². The van der Waals surface area contributed by atoms with Crippen LogP contribution in [-0.2, 0) is 0 Å². The topological polar surface area (TPSA) is 9.72 Å². The lowest BCUT2D eigenvalue weighted by atomic mass is 10.6. The van der Waals surface area contributed by atoms with Crippen molar-refractivity contribution in [2.75, 3.05) is 39.3 Å². The van der Waals surface area contributed by atoms with Gasteiger partial charge in [-0.25, -0.2) is 0 Å². The molecular weight excluding hydrogens is 250 g/mol. The molecule has 0 aliphatic carbocycles. The molecule has 0 fully saturated rings. The molecule has 0 radical (unpaired) electrons. The summed E-state index contributed by atoms with van der Waals surface area (Å²) in [7, 11) is -2.17. The average Bonchev–Trinajstić information content (AvgIpc) is 2.33. The molecule has 3 nitrogen and oxygen atoms in total. The lowest BCUT2D eigenvalue weighted by Gasteiger charge is -2.48. The highest BCUT2D eigenvalue weighted by Gasteiger charge is 2.47. The second-order valence-corrected chi connectivity index (χ2v) is 8.60. The molecule has 0 aromatic rings. The summed E-state index contributed by atoms with van der Waals surface area (Å²) in [4.78, 5) is 0. The van der Waals surface area contributed by atoms with Crippen molar-refractivity contribution >= 4 is 18.9 Å². The predicted molar refractivity (Wildman–Crippen MR) is 80.4 cm³/mol. The van der Waals surface area contributed by atoms with E-state index in [1.54, 1.807) is 0 Å². The summed E-state index contributed by atoms with van der Waals surface area (Å²) in [6.07, 6.45) is 0. The maximum absolute atomic E-state index is 7.15. The third-order valence-electron chi connectivity index (χ3n) is 3.50. The summed E-state index contributed by atoms with van der Waals surface area (Å²) in [5.74, 6) is 0. The van der Waals surface area contributed by atoms with Crippen LogP contribution in [0.5, 0.6) is 0 Å². The molecule has 0 heterocycles. The zero-order valence-corrected chi connectivity index (χ0v) is 14.2. The van der Waals surface area contributed by atoms with Crippen LogP contribution in [0.25, 0.3) is 0 Å². The van der Waals surface area contributed by atoms with E-state index in [-0.39, 0.29) is 0 Å². The summed E-state index contributed by atoms with van der Waals surface area (Å²) < 4.78 is 7.40. The fourth-order valence-electron chi connectivity index (χ4n) is 2.48. The van der Waals surface area contributed by atoms with Gasteiger partial charge in [-0.3, -0.25) is 13.7 Å². The smallest absolute Gasteiger partial charge is 0.288 e. The summed E-state index contributed by atoms with van der Waals surface area (Å²) in [5, 5.41) is 0. The quantitative estimate of drug-likeness (QED) is 0.475. The fourth-order valence-corrected chi connectivity index (χ4v) is 8.24. The third-order valence-corrected chi connectivity index (χ3v) is 9.96. The van der Waals surface area contributed by atoms with Crippen molar-refractivity contribution in [1.29, 1.82) is 0 Å². The second kappa shape index (κ2) is 8.48. The second-order valence-electron chi connectivity index (χ2n) is 4.07. The summed E-state index contributed by atoms with van der Waals surface area (Å²) >= 11 is 7.15. The van der Waals surface area contributed by atoms with Gasteiger partial charge in [0.05, 0.1) is 0 Å². The molecule has 0 aromatic carbocycles. The first-order valence-corrected chi connectivity index (χ1v) is 9.85. The molecule has 0 saturated heterocycles. The summed E-state index contributed by atoms with van der Waals surface area (Å²) in [6, 6.07) is 0. The third kappa shape index (κ3) is 3.67. The molecule has 17 heavy (non-hydrogen) atoms. The zero-order valence-electron chi connectivity index (χ0n) is 12.5. The molecule has 0 N–H and O–H groups in total. The van der Waals surface area contributed by atoms with Gasteiger partial charge >= 0.3 is 7.87 Å². The minimum atomic E-state index is -2.17. The summed E-state index contributed by atoms with van der Waals surface area (Å²) in [6.45, 7) is 19.4. The van der Waals surface area contributed by atoms with E-state index >= 15 is 0 Å². The number of hydrogen-bond acceptors (Lipinski definition) is 3. The van der Waals surface area contributed by atoms with E-state index in [0.29, 0.717) is 0 Å². The highest BCUT2D eigenvalue weighted by Crippen LogP contribution is 2.24. The Morgan fingerprint density at radius 3 is 0.882 bits per heavy atom. The monoisotopic (exact) mass is 279 g/mol. The highest BCUT2D eigenvalue weighted by atomic mass is 35.6. The molecule has 104 valence electrons. The minimum absolute atomic E-state index is 1.03. The molecule has 0 aromatic heterocycles. The molecule has 0 amide bonds. The van der Waals surface area contributed by atoms with Crippen molar-refractivity contribution < 1.29 is 0 Å². The van der Waals surface area contributed by atoms with E-state index in [2.05, 4.69) is 55.2 Å². The first-order chi connectivity index (χ1) is 8.06. The SMILES string of the molecule is CCN(CC)[Si](Cl)(N(CC)CC)N(CC)CC. The van der Waals surface area contributed by atoms with Gasteiger partial charge in [0, 0.05) is 0 Å². The van der Waals surface area contributed by atoms with Gasteiger partial charge in [0.25, 0.3) is 0 Å². The van der Waals surface area contributed by atoms with Gasteiger partial charge < -0.3 is 0 Å². The lowest BCUT2D eigenvalue weighted by molar-refractivity contribution is 0.284. The molecule has 0 atom stereocenters. The Kier molecular flexibility index (Phi) is 8.68. The first kappa shape index (κ1) is 17.4. The Balaban J connectivity index is 5.29. The van der Waals surface area contributed by atoms with Crippen LogP contribution >= 0.6 is 11.1 Å². The maximum Gasteiger partial charge on any atom is 0.392 e. The van der Waals surface area contributed by atoms with Crippen LogP contribution in [0.4, 0.5) is 0 Å². The van der Waals surface area contributed by atoms with E-state index in [9.17, 15) is 0 Å². The van der Waals surface area contributed by atoms with E-state index in [4.69, 9.17) is 11.1 Å². The lowest BCUT2D eigenvalue weighted by Crippen LogP contribution is -2.71. The van der Waals surface area contributed by atoms with Crippen molar-refractivity contribution in [2.24, 2.45) is 0 Å². The van der Waals surface area contributed by atoms with Crippen LogP contribution < -0.4 is 0 Å². The van der Waals surface area contributed by atoms with Crippen LogP contribution in [-0.4, -0.2) is 60.8 Å². The van der Waals surface area contributed by atoms with Gasteiger partial charge in [-0.1, -0.05) is 41.5 Å². The molecule has 0 saturated carbocycles. The van der Waals surface area contributed by atoms with Crippen molar-refractivity contribution in [1.82, 2.24) is 13.7 Å². The standard InChI is InChI=1S/C12H30ClN3Si/c1-7-14(8-2)17(13,15(9-3)10-4)16(11-5)12-6/h7-12H2,1-6H3. The average molecular weight is 280 g/mol. The van der Waals surface area contributed by atoms with Crippen LogP contribution in [0.15, 0.2) is 0 Å². The number of hydrogen-bond donors (Lipinski definition) is 0. The zero-order chi connectivity index (χ0) is 13.5. The highest BCUT2D eigenvalue weighted by molar-refractivity contribution is 7.15. The Hall–Kier alpha value is 0.387. The largest absolute Gasteiger partial charge is 0.392 e. The molecule has 0 aliphatic heterocycles. The molecular formula is C12H30ClN3Si. The van der Waals surface area contributed by atoms with Crippen LogP contribution in [0.2, 0.25) is 0 Å². The Morgan fingerprint density at radius 2 is 0.765 bits per heavy atom. The molecule has 5 heteroatoms. The number of nitrogens with zero attached hydrogens (tertiary/aromatic N) is 3. The van der Waals surface area contributed by atoms with E-state index < -0.39 is 7.87 Å². The van der Waals surface area contributed by atoms with Gasteiger partial charge in [0.15, 0.2) is 0 Å². The van der Waals surface area contributed by atoms with Crippen LogP contribution in [0, 0.1) is 0 Å². The minimum Gasteiger partial charge on any atom is -0.288 e. The fraction of sp³-hybridized carbons (Fsp3) is 1.00. The Bertz CT molecular complexity index is 161. The van der Waals surface area contributed by atoms with Gasteiger partial charge in [0.1, 0.15) is 0 Å². The Morgan fingerprint density at radius 1 is 0.588 bits per heavy atom. The summed E-state index contributed by atoms with van der Waals surface area (Å²) in [5.41, 5.74) is 0. The number of halogens is 1. The molecule has 0 rings (SSSR count). The van der Waals surface area contributed by atoms with Crippen molar-refractivity contribution in [3.05, 3.63) is 0 Å². The molecule has 0 spiro atoms. The van der Waals surface area contributed by atoms with Crippen molar-refractivity contribution in [3.8, 4) is 0 Å². The molecule has 0 unspecified atom stereocenters. The van der Waals surface area contributed by atoms with E-state index in [0.717, 1.165) is 39.3 Å². The maximum atomic E-state index is 7.15. The van der Waals surface area contributed by atoms with Gasteiger partial charge in [-0.2, -0.15) is 0 Å². The normalized spacial score (nSPS) is 13.1. The van der Waals surface area contributed by atoms with E-state index in [1.165, 1.54) is 0 Å². The molecule has 0 bridgehead atoms. The molecule has 0 aliphatic rings. The first-order valence-electron chi connectivity index (χ1n) is 7.00. The predicted octanol–water partition coefficient (Wildman–Crippen LogP) is 2.69. The van der Waals surface area contributed by atoms with E-state index in [1.807, 2.05) is 0 Å². The van der Waals surface area contributed by atoms with Crippen molar-refractivity contribution in [2.45, 2.75) is 41.5 Å². The van der Waals surface area contributed by atoms with Crippen LogP contribution in [0.1, 0.15) is 41.5 Å². The van der Waals surface area contributed by atoms with Crippen molar-refractivity contribution in [3.63, 3.8) is 0 Å². The van der Waals surface area contributed by atoms with Gasteiger partial charge in [-0.05, 0) is 39.3 Å². The van der Waals surface area contributed by atoms with Crippen LogP contribution in [0.3, 0.4) is 0 Å². The van der Waals surface area contributed by atoms with Gasteiger partial charge in [0.2, 0.25) is 0 Å².